The van der Waals surface area contributed by atoms with Gasteiger partial charge in [0.05, 0.1) is 11.1 Å². The molecule has 1 aliphatic heterocycles. The average Bonchev–Trinajstić information content (AvgIpc) is 3.02. The van der Waals surface area contributed by atoms with Crippen molar-refractivity contribution in [2.24, 2.45) is 0 Å². The fourth-order valence-electron chi connectivity index (χ4n) is 5.15. The summed E-state index contributed by atoms with van der Waals surface area (Å²) in [5, 5.41) is 2.88. The maximum atomic E-state index is 14.2. The molecule has 0 atom stereocenters. The molecule has 0 unspecified atom stereocenters. The number of hydrogen-bond acceptors (Lipinski definition) is 5. The first-order valence-electron chi connectivity index (χ1n) is 14.6. The van der Waals surface area contributed by atoms with Crippen LogP contribution >= 0.6 is 0 Å². The molecule has 7 nitrogen and oxygen atoms in total. The van der Waals surface area contributed by atoms with Crippen LogP contribution in [0.1, 0.15) is 44.7 Å². The second kappa shape index (κ2) is 13.5. The highest BCUT2D eigenvalue weighted by Gasteiger charge is 2.28. The number of carbonyl (C=O) groups excluding carboxylic acids is 2. The third kappa shape index (κ3) is 7.57. The SMILES string of the molecule is Cc1ccc(-c2ccc(OC3CCN(C(=O)c4cc(F)ccc4C(=O)NCCc4ccc(N(C)C)cc4)CC3)nc2)cc1. The first kappa shape index (κ1) is 29.8. The number of carbonyl (C=O) groups is 2. The molecule has 2 amide bonds. The van der Waals surface area contributed by atoms with E-state index < -0.39 is 11.7 Å². The van der Waals surface area contributed by atoms with E-state index in [0.717, 1.165) is 28.4 Å². The van der Waals surface area contributed by atoms with E-state index in [9.17, 15) is 14.0 Å². The van der Waals surface area contributed by atoms with E-state index in [1.807, 2.05) is 55.4 Å². The highest BCUT2D eigenvalue weighted by Crippen LogP contribution is 2.24. The minimum Gasteiger partial charge on any atom is -0.474 e. The molecule has 0 aliphatic carbocycles. The van der Waals surface area contributed by atoms with Crippen LogP contribution in [0.2, 0.25) is 0 Å². The predicted octanol–water partition coefficient (Wildman–Crippen LogP) is 5.92. The lowest BCUT2D eigenvalue weighted by Crippen LogP contribution is -2.42. The van der Waals surface area contributed by atoms with Crippen LogP contribution in [0, 0.1) is 12.7 Å². The molecular formula is C35H37FN4O3. The van der Waals surface area contributed by atoms with E-state index >= 15 is 0 Å². The molecule has 222 valence electrons. The Hall–Kier alpha value is -4.72. The smallest absolute Gasteiger partial charge is 0.254 e. The van der Waals surface area contributed by atoms with Gasteiger partial charge in [0.1, 0.15) is 11.9 Å². The molecular weight excluding hydrogens is 543 g/mol. The first-order valence-corrected chi connectivity index (χ1v) is 14.6. The minimum atomic E-state index is -0.556. The Morgan fingerprint density at radius 2 is 1.63 bits per heavy atom. The maximum Gasteiger partial charge on any atom is 0.254 e. The van der Waals surface area contributed by atoms with Crippen molar-refractivity contribution in [2.75, 3.05) is 38.6 Å². The highest BCUT2D eigenvalue weighted by molar-refractivity contribution is 6.07. The Morgan fingerprint density at radius 3 is 2.28 bits per heavy atom. The summed E-state index contributed by atoms with van der Waals surface area (Å²) >= 11 is 0. The monoisotopic (exact) mass is 580 g/mol. The highest BCUT2D eigenvalue weighted by atomic mass is 19.1. The Morgan fingerprint density at radius 1 is 0.930 bits per heavy atom. The van der Waals surface area contributed by atoms with Gasteiger partial charge in [-0.15, -0.1) is 0 Å². The number of piperidine rings is 1. The second-order valence-electron chi connectivity index (χ2n) is 11.1. The van der Waals surface area contributed by atoms with Gasteiger partial charge in [0.25, 0.3) is 11.8 Å². The van der Waals surface area contributed by atoms with Crippen molar-refractivity contribution >= 4 is 17.5 Å². The first-order chi connectivity index (χ1) is 20.8. The molecule has 4 aromatic rings. The van der Waals surface area contributed by atoms with E-state index in [1.165, 1.54) is 17.7 Å². The zero-order valence-corrected chi connectivity index (χ0v) is 24.8. The summed E-state index contributed by atoms with van der Waals surface area (Å²) in [6.45, 7) is 3.32. The van der Waals surface area contributed by atoms with Crippen LogP contribution < -0.4 is 15.0 Å². The lowest BCUT2D eigenvalue weighted by Gasteiger charge is -2.32. The maximum absolute atomic E-state index is 14.2. The van der Waals surface area contributed by atoms with Gasteiger partial charge in [0.2, 0.25) is 5.88 Å². The molecule has 1 aromatic heterocycles. The summed E-state index contributed by atoms with van der Waals surface area (Å²) in [6.07, 6.45) is 3.56. The molecule has 1 saturated heterocycles. The van der Waals surface area contributed by atoms with Gasteiger partial charge < -0.3 is 19.9 Å². The summed E-state index contributed by atoms with van der Waals surface area (Å²) in [4.78, 5) is 34.6. The number of amides is 2. The topological polar surface area (TPSA) is 74.8 Å². The summed E-state index contributed by atoms with van der Waals surface area (Å²) in [7, 11) is 3.97. The molecule has 5 rings (SSSR count). The minimum absolute atomic E-state index is 0.0700. The summed E-state index contributed by atoms with van der Waals surface area (Å²) in [6, 6.07) is 24.0. The van der Waals surface area contributed by atoms with Crippen LogP contribution in [0.4, 0.5) is 10.1 Å². The zero-order chi connectivity index (χ0) is 30.3. The molecule has 2 heterocycles. The molecule has 1 N–H and O–H groups in total. The number of pyridine rings is 1. The van der Waals surface area contributed by atoms with Crippen LogP contribution in [0.25, 0.3) is 11.1 Å². The zero-order valence-electron chi connectivity index (χ0n) is 24.8. The van der Waals surface area contributed by atoms with Crippen LogP contribution in [0.15, 0.2) is 85.1 Å². The lowest BCUT2D eigenvalue weighted by molar-refractivity contribution is 0.0584. The third-order valence-corrected chi connectivity index (χ3v) is 7.75. The van der Waals surface area contributed by atoms with Gasteiger partial charge >= 0.3 is 0 Å². The Bertz CT molecular complexity index is 1550. The number of aryl methyl sites for hydroxylation is 1. The van der Waals surface area contributed by atoms with Crippen molar-refractivity contribution in [3.05, 3.63) is 113 Å². The van der Waals surface area contributed by atoms with Crippen molar-refractivity contribution in [1.29, 1.82) is 0 Å². The number of benzene rings is 3. The number of hydrogen-bond donors (Lipinski definition) is 1. The Balaban J connectivity index is 1.15. The summed E-state index contributed by atoms with van der Waals surface area (Å²) in [5.41, 5.74) is 5.74. The van der Waals surface area contributed by atoms with Crippen LogP contribution in [-0.2, 0) is 6.42 Å². The van der Waals surface area contributed by atoms with Crippen LogP contribution in [-0.4, -0.2) is 61.5 Å². The molecule has 3 aromatic carbocycles. The fourth-order valence-corrected chi connectivity index (χ4v) is 5.15. The van der Waals surface area contributed by atoms with Gasteiger partial charge in [0, 0.05) is 70.1 Å². The van der Waals surface area contributed by atoms with Gasteiger partial charge in [0.15, 0.2) is 0 Å². The third-order valence-electron chi connectivity index (χ3n) is 7.75. The van der Waals surface area contributed by atoms with Crippen LogP contribution in [0.3, 0.4) is 0 Å². The van der Waals surface area contributed by atoms with E-state index in [1.54, 1.807) is 11.1 Å². The molecule has 0 radical (unpaired) electrons. The largest absolute Gasteiger partial charge is 0.474 e. The van der Waals surface area contributed by atoms with Crippen molar-refractivity contribution < 1.29 is 18.7 Å². The number of nitrogens with zero attached hydrogens (tertiary/aromatic N) is 3. The summed E-state index contributed by atoms with van der Waals surface area (Å²) in [5.74, 6) is -0.771. The predicted molar refractivity (Wildman–Crippen MR) is 167 cm³/mol. The molecule has 8 heteroatoms. The number of nitrogens with one attached hydrogen (secondary N) is 1. The summed E-state index contributed by atoms with van der Waals surface area (Å²) < 4.78 is 20.3. The molecule has 0 spiro atoms. The van der Waals surface area contributed by atoms with Gasteiger partial charge in [-0.05, 0) is 60.9 Å². The number of halogens is 1. The standard InChI is InChI=1S/C35H37FN4O3/c1-24-4-8-26(9-5-24)27-10-15-33(38-23-27)43-30-17-20-40(21-18-30)35(42)32-22-28(36)11-14-31(32)34(41)37-19-16-25-6-12-29(13-7-25)39(2)3/h4-15,22-23,30H,16-21H2,1-3H3,(H,37,41). The number of ether oxygens (including phenoxy) is 1. The number of likely N-dealkylation sites (tertiary alicyclic amines) is 1. The van der Waals surface area contributed by atoms with Crippen molar-refractivity contribution in [3.8, 4) is 17.0 Å². The van der Waals surface area contributed by atoms with Gasteiger partial charge in [-0.2, -0.15) is 0 Å². The van der Waals surface area contributed by atoms with E-state index in [2.05, 4.69) is 41.5 Å². The van der Waals surface area contributed by atoms with Gasteiger partial charge in [-0.3, -0.25) is 9.59 Å². The van der Waals surface area contributed by atoms with Crippen LogP contribution in [0.5, 0.6) is 5.88 Å². The van der Waals surface area contributed by atoms with Gasteiger partial charge in [-0.1, -0.05) is 42.0 Å². The fraction of sp³-hybridized carbons (Fsp3) is 0.286. The Labute approximate surface area is 252 Å². The molecule has 1 fully saturated rings. The van der Waals surface area contributed by atoms with Crippen molar-refractivity contribution in [1.82, 2.24) is 15.2 Å². The Kier molecular flexibility index (Phi) is 9.35. The lowest BCUT2D eigenvalue weighted by atomic mass is 10.0. The van der Waals surface area contributed by atoms with Gasteiger partial charge in [-0.25, -0.2) is 9.37 Å². The molecule has 0 bridgehead atoms. The molecule has 1 aliphatic rings. The van der Waals surface area contributed by atoms with Crippen molar-refractivity contribution in [2.45, 2.75) is 32.3 Å². The second-order valence-corrected chi connectivity index (χ2v) is 11.1. The van der Waals surface area contributed by atoms with E-state index in [0.29, 0.717) is 44.8 Å². The number of rotatable bonds is 9. The van der Waals surface area contributed by atoms with E-state index in [4.69, 9.17) is 4.74 Å². The number of aromatic nitrogens is 1. The molecule has 43 heavy (non-hydrogen) atoms. The van der Waals surface area contributed by atoms with E-state index in [-0.39, 0.29) is 23.1 Å². The average molecular weight is 581 g/mol. The van der Waals surface area contributed by atoms with Crippen molar-refractivity contribution in [3.63, 3.8) is 0 Å². The number of anilines is 1. The normalized spacial score (nSPS) is 13.4. The molecule has 0 saturated carbocycles. The quantitative estimate of drug-likeness (QED) is 0.266.